The Balaban J connectivity index is 1.78. The van der Waals surface area contributed by atoms with Gasteiger partial charge in [0.25, 0.3) is 0 Å². The van der Waals surface area contributed by atoms with Gasteiger partial charge in [0.1, 0.15) is 0 Å². The second-order valence-corrected chi connectivity index (χ2v) is 8.76. The molecular formula is C22H33N5O2. The summed E-state index contributed by atoms with van der Waals surface area (Å²) in [6.07, 6.45) is 0.998. The van der Waals surface area contributed by atoms with E-state index in [4.69, 9.17) is 5.26 Å². The van der Waals surface area contributed by atoms with E-state index in [0.29, 0.717) is 12.1 Å². The van der Waals surface area contributed by atoms with E-state index in [2.05, 4.69) is 21.2 Å². The number of nitriles is 1. The molecule has 1 heterocycles. The molecule has 1 aromatic carbocycles. The summed E-state index contributed by atoms with van der Waals surface area (Å²) in [6, 6.07) is 9.85. The first-order valence-corrected chi connectivity index (χ1v) is 10.1. The molecule has 0 saturated carbocycles. The maximum Gasteiger partial charge on any atom is 0.240 e. The maximum atomic E-state index is 12.5. The van der Waals surface area contributed by atoms with E-state index >= 15 is 0 Å². The number of nitrogens with zero attached hydrogens (tertiary/aromatic N) is 4. The van der Waals surface area contributed by atoms with Crippen molar-refractivity contribution in [2.45, 2.75) is 39.3 Å². The van der Waals surface area contributed by atoms with Crippen LogP contribution in [0.2, 0.25) is 0 Å². The van der Waals surface area contributed by atoms with Gasteiger partial charge in [0, 0.05) is 32.2 Å². The summed E-state index contributed by atoms with van der Waals surface area (Å²) in [5.74, 6) is -0.174. The van der Waals surface area contributed by atoms with Crippen molar-refractivity contribution in [2.24, 2.45) is 0 Å². The lowest BCUT2D eigenvalue weighted by atomic mass is 10.1. The molecule has 1 aliphatic rings. The quantitative estimate of drug-likeness (QED) is 0.783. The summed E-state index contributed by atoms with van der Waals surface area (Å²) >= 11 is 0. The fourth-order valence-electron chi connectivity index (χ4n) is 3.36. The molecule has 158 valence electrons. The third kappa shape index (κ3) is 8.22. The van der Waals surface area contributed by atoms with Gasteiger partial charge in [0.2, 0.25) is 11.8 Å². The summed E-state index contributed by atoms with van der Waals surface area (Å²) in [4.78, 5) is 30.6. The van der Waals surface area contributed by atoms with Crippen molar-refractivity contribution in [1.82, 2.24) is 20.0 Å². The number of carbonyl (C=O) groups excluding carboxylic acids is 2. The molecule has 1 aliphatic heterocycles. The minimum Gasteiger partial charge on any atom is -0.350 e. The molecule has 0 radical (unpaired) electrons. The van der Waals surface area contributed by atoms with Gasteiger partial charge in [-0.05, 0) is 58.0 Å². The summed E-state index contributed by atoms with van der Waals surface area (Å²) in [6.45, 7) is 10.6. The van der Waals surface area contributed by atoms with Crippen molar-refractivity contribution in [2.75, 3.05) is 46.3 Å². The predicted molar refractivity (Wildman–Crippen MR) is 113 cm³/mol. The maximum absolute atomic E-state index is 12.5. The van der Waals surface area contributed by atoms with Crippen molar-refractivity contribution in [3.05, 3.63) is 35.4 Å². The van der Waals surface area contributed by atoms with Gasteiger partial charge >= 0.3 is 0 Å². The van der Waals surface area contributed by atoms with Crippen LogP contribution in [0.15, 0.2) is 24.3 Å². The molecule has 1 N–H and O–H groups in total. The van der Waals surface area contributed by atoms with Gasteiger partial charge in [-0.1, -0.05) is 12.1 Å². The van der Waals surface area contributed by atoms with Gasteiger partial charge in [-0.15, -0.1) is 0 Å². The normalized spacial score (nSPS) is 16.0. The van der Waals surface area contributed by atoms with E-state index in [1.165, 1.54) is 10.5 Å². The molecule has 0 bridgehead atoms. The number of rotatable bonds is 6. The molecule has 1 aromatic rings. The van der Waals surface area contributed by atoms with Crippen LogP contribution in [0, 0.1) is 11.3 Å². The summed E-state index contributed by atoms with van der Waals surface area (Å²) in [7, 11) is 1.68. The molecule has 0 aromatic heterocycles. The van der Waals surface area contributed by atoms with Crippen LogP contribution < -0.4 is 5.32 Å². The molecule has 2 amide bonds. The monoisotopic (exact) mass is 399 g/mol. The van der Waals surface area contributed by atoms with Crippen molar-refractivity contribution in [1.29, 1.82) is 5.26 Å². The molecule has 29 heavy (non-hydrogen) atoms. The fraction of sp³-hybridized carbons (Fsp3) is 0.591. The minimum absolute atomic E-state index is 0.0328. The summed E-state index contributed by atoms with van der Waals surface area (Å²) in [5, 5.41) is 11.8. The van der Waals surface area contributed by atoms with Gasteiger partial charge in [-0.2, -0.15) is 5.26 Å². The lowest BCUT2D eigenvalue weighted by Gasteiger charge is -2.26. The molecule has 0 unspecified atom stereocenters. The highest BCUT2D eigenvalue weighted by Crippen LogP contribution is 2.10. The van der Waals surface area contributed by atoms with Crippen molar-refractivity contribution in [3.63, 3.8) is 0 Å². The van der Waals surface area contributed by atoms with Gasteiger partial charge in [0.15, 0.2) is 0 Å². The van der Waals surface area contributed by atoms with Crippen LogP contribution in [0.3, 0.4) is 0 Å². The van der Waals surface area contributed by atoms with Crippen LogP contribution >= 0.6 is 0 Å². The zero-order chi connectivity index (χ0) is 21.4. The number of hydrogen-bond donors (Lipinski definition) is 1. The van der Waals surface area contributed by atoms with Gasteiger partial charge in [-0.3, -0.25) is 19.4 Å². The van der Waals surface area contributed by atoms with Gasteiger partial charge in [0.05, 0.1) is 24.7 Å². The first-order valence-electron chi connectivity index (χ1n) is 10.1. The molecule has 0 atom stereocenters. The number of likely N-dealkylation sites (N-methyl/N-ethyl adjacent to an activating group) is 1. The van der Waals surface area contributed by atoms with Crippen molar-refractivity contribution < 1.29 is 9.59 Å². The Bertz CT molecular complexity index is 733. The topological polar surface area (TPSA) is 79.7 Å². The van der Waals surface area contributed by atoms with Crippen LogP contribution in [0.1, 0.15) is 38.3 Å². The number of carbonyl (C=O) groups is 2. The molecule has 0 spiro atoms. The molecule has 0 aliphatic carbocycles. The third-order valence-electron chi connectivity index (χ3n) is 4.85. The Hall–Kier alpha value is -2.43. The van der Waals surface area contributed by atoms with Crippen LogP contribution in [0.4, 0.5) is 0 Å². The average Bonchev–Trinajstić information content (AvgIpc) is 2.86. The smallest absolute Gasteiger partial charge is 0.240 e. The van der Waals surface area contributed by atoms with E-state index in [1.54, 1.807) is 7.05 Å². The van der Waals surface area contributed by atoms with E-state index in [-0.39, 0.29) is 23.9 Å². The fourth-order valence-corrected chi connectivity index (χ4v) is 3.36. The van der Waals surface area contributed by atoms with Gasteiger partial charge < -0.3 is 10.2 Å². The SMILES string of the molecule is CN(CC(=O)NC(C)(C)C)C(=O)CN1CCCN(Cc2ccc(C#N)cc2)CC1. The Morgan fingerprint density at radius 2 is 1.72 bits per heavy atom. The lowest BCUT2D eigenvalue weighted by molar-refractivity contribution is -0.136. The lowest BCUT2D eigenvalue weighted by Crippen LogP contribution is -2.48. The molecule has 2 rings (SSSR count). The zero-order valence-corrected chi connectivity index (χ0v) is 18.1. The Morgan fingerprint density at radius 3 is 2.34 bits per heavy atom. The van der Waals surface area contributed by atoms with Crippen LogP contribution in [-0.2, 0) is 16.1 Å². The van der Waals surface area contributed by atoms with Crippen molar-refractivity contribution in [3.8, 4) is 6.07 Å². The molecule has 1 fully saturated rings. The zero-order valence-electron chi connectivity index (χ0n) is 18.1. The van der Waals surface area contributed by atoms with E-state index in [1.807, 2.05) is 45.0 Å². The number of hydrogen-bond acceptors (Lipinski definition) is 5. The average molecular weight is 400 g/mol. The standard InChI is InChI=1S/C22H33N5O2/c1-22(2,3)24-20(28)16-25(4)21(29)17-27-11-5-10-26(12-13-27)15-19-8-6-18(14-23)7-9-19/h6-9H,5,10-13,15-17H2,1-4H3,(H,24,28). The highest BCUT2D eigenvalue weighted by molar-refractivity contribution is 5.85. The molecule has 7 heteroatoms. The van der Waals surface area contributed by atoms with E-state index in [0.717, 1.165) is 39.1 Å². The minimum atomic E-state index is -0.301. The third-order valence-corrected chi connectivity index (χ3v) is 4.85. The van der Waals surface area contributed by atoms with Crippen LogP contribution in [0.5, 0.6) is 0 Å². The first kappa shape index (κ1) is 22.9. The predicted octanol–water partition coefficient (Wildman–Crippen LogP) is 1.44. The van der Waals surface area contributed by atoms with E-state index in [9.17, 15) is 9.59 Å². The Labute approximate surface area is 174 Å². The molecule has 7 nitrogen and oxygen atoms in total. The second kappa shape index (κ2) is 10.4. The number of amides is 2. The van der Waals surface area contributed by atoms with E-state index < -0.39 is 0 Å². The molecular weight excluding hydrogens is 366 g/mol. The van der Waals surface area contributed by atoms with Crippen LogP contribution in [-0.4, -0.2) is 78.4 Å². The number of nitrogens with one attached hydrogen (secondary N) is 1. The van der Waals surface area contributed by atoms with Crippen LogP contribution in [0.25, 0.3) is 0 Å². The highest BCUT2D eigenvalue weighted by Gasteiger charge is 2.21. The van der Waals surface area contributed by atoms with Gasteiger partial charge in [-0.25, -0.2) is 0 Å². The largest absolute Gasteiger partial charge is 0.350 e. The molecule has 1 saturated heterocycles. The Morgan fingerprint density at radius 1 is 1.10 bits per heavy atom. The summed E-state index contributed by atoms with van der Waals surface area (Å²) in [5.41, 5.74) is 1.57. The number of benzene rings is 1. The second-order valence-electron chi connectivity index (χ2n) is 8.76. The Kier molecular flexibility index (Phi) is 8.18. The van der Waals surface area contributed by atoms with Crippen molar-refractivity contribution >= 4 is 11.8 Å². The summed E-state index contributed by atoms with van der Waals surface area (Å²) < 4.78 is 0. The highest BCUT2D eigenvalue weighted by atomic mass is 16.2. The first-order chi connectivity index (χ1) is 13.7.